The van der Waals surface area contributed by atoms with Crippen LogP contribution in [-0.4, -0.2) is 4.98 Å². The summed E-state index contributed by atoms with van der Waals surface area (Å²) in [5, 5.41) is 1.05. The van der Waals surface area contributed by atoms with E-state index in [-0.39, 0.29) is 10.8 Å². The number of hydrogen-bond acceptors (Lipinski definition) is 3. The van der Waals surface area contributed by atoms with Crippen molar-refractivity contribution in [2.45, 2.75) is 58.3 Å². The maximum Gasteiger partial charge on any atom is 0.124 e. The maximum atomic E-state index is 5.17. The minimum Gasteiger partial charge on any atom is -0.310 e. The second kappa shape index (κ2) is 11.2. The number of fused-ring (bicyclic) bond motifs is 4. The molecule has 1 aromatic heterocycles. The Morgan fingerprint density at radius 2 is 1.36 bits per heavy atom. The summed E-state index contributed by atoms with van der Waals surface area (Å²) in [4.78, 5) is 7.57. The molecule has 0 saturated heterocycles. The van der Waals surface area contributed by atoms with E-state index in [1.54, 1.807) is 11.3 Å². The number of nitrogens with zero attached hydrogens (tertiary/aromatic N) is 2. The van der Waals surface area contributed by atoms with Crippen molar-refractivity contribution < 1.29 is 0 Å². The average Bonchev–Trinajstić information content (AvgIpc) is 3.61. The lowest BCUT2D eigenvalue weighted by Gasteiger charge is -2.29. The summed E-state index contributed by atoms with van der Waals surface area (Å²) in [5.41, 5.74) is 14.9. The first-order valence-corrected chi connectivity index (χ1v) is 17.5. The second-order valence-electron chi connectivity index (χ2n) is 14.4. The molecule has 2 aliphatic rings. The van der Waals surface area contributed by atoms with Gasteiger partial charge in [-0.3, -0.25) is 0 Å². The quantitative estimate of drug-likeness (QED) is 0.189. The molecule has 0 amide bonds. The van der Waals surface area contributed by atoms with Gasteiger partial charge in [0.2, 0.25) is 0 Å². The molecule has 0 fully saturated rings. The van der Waals surface area contributed by atoms with Gasteiger partial charge >= 0.3 is 0 Å². The molecule has 3 heteroatoms. The van der Waals surface area contributed by atoms with Crippen LogP contribution in [0.3, 0.4) is 0 Å². The Balaban J connectivity index is 1.21. The highest BCUT2D eigenvalue weighted by molar-refractivity contribution is 7.21. The molecule has 8 rings (SSSR count). The third-order valence-electron chi connectivity index (χ3n) is 9.91. The largest absolute Gasteiger partial charge is 0.310 e. The Kier molecular flexibility index (Phi) is 7.07. The van der Waals surface area contributed by atoms with Gasteiger partial charge in [0, 0.05) is 28.0 Å². The fourth-order valence-corrected chi connectivity index (χ4v) is 8.15. The highest BCUT2D eigenvalue weighted by Crippen LogP contribution is 2.50. The van der Waals surface area contributed by atoms with E-state index in [9.17, 15) is 0 Å². The number of aromatic nitrogens is 1. The van der Waals surface area contributed by atoms with Crippen molar-refractivity contribution in [1.29, 1.82) is 0 Å². The second-order valence-corrected chi connectivity index (χ2v) is 15.5. The van der Waals surface area contributed by atoms with Gasteiger partial charge in [0.15, 0.2) is 0 Å². The van der Waals surface area contributed by atoms with Crippen LogP contribution in [0, 0.1) is 0 Å². The normalized spacial score (nSPS) is 15.0. The lowest BCUT2D eigenvalue weighted by molar-refractivity contribution is 0.590. The fourth-order valence-electron chi connectivity index (χ4n) is 7.20. The molecule has 0 aliphatic heterocycles. The van der Waals surface area contributed by atoms with Gasteiger partial charge in [-0.15, -0.1) is 11.3 Å². The van der Waals surface area contributed by atoms with Gasteiger partial charge in [0.25, 0.3) is 0 Å². The Bertz CT molecular complexity index is 2190. The van der Waals surface area contributed by atoms with E-state index in [4.69, 9.17) is 4.98 Å². The van der Waals surface area contributed by atoms with Crippen molar-refractivity contribution in [3.05, 3.63) is 150 Å². The van der Waals surface area contributed by atoms with Crippen molar-refractivity contribution in [2.24, 2.45) is 0 Å². The number of hydrogen-bond donors (Lipinski definition) is 0. The fraction of sp³-hybridized carbons (Fsp3) is 0.205. The first kappa shape index (κ1) is 29.7. The summed E-state index contributed by atoms with van der Waals surface area (Å²) < 4.78 is 1.19. The summed E-state index contributed by atoms with van der Waals surface area (Å²) in [6.07, 6.45) is 9.08. The molecule has 0 atom stereocenters. The smallest absolute Gasteiger partial charge is 0.124 e. The van der Waals surface area contributed by atoms with Gasteiger partial charge in [-0.1, -0.05) is 120 Å². The zero-order valence-electron chi connectivity index (χ0n) is 27.8. The Morgan fingerprint density at radius 1 is 0.681 bits per heavy atom. The Hall–Kier alpha value is -4.73. The molecular weight excluding hydrogens is 589 g/mol. The van der Waals surface area contributed by atoms with E-state index < -0.39 is 0 Å². The lowest BCUT2D eigenvalue weighted by Crippen LogP contribution is -2.17. The molecule has 47 heavy (non-hydrogen) atoms. The van der Waals surface area contributed by atoms with Crippen LogP contribution in [0.2, 0.25) is 0 Å². The monoisotopic (exact) mass is 628 g/mol. The summed E-state index contributed by atoms with van der Waals surface area (Å²) in [6, 6.07) is 40.6. The molecule has 0 bridgehead atoms. The van der Waals surface area contributed by atoms with Crippen LogP contribution in [0.4, 0.5) is 17.1 Å². The number of anilines is 3. The number of rotatable bonds is 5. The summed E-state index contributed by atoms with van der Waals surface area (Å²) in [5.74, 6) is 0. The Morgan fingerprint density at radius 3 is 2.11 bits per heavy atom. The molecule has 0 radical (unpaired) electrons. The molecule has 1 heterocycles. The summed E-state index contributed by atoms with van der Waals surface area (Å²) >= 11 is 1.76. The van der Waals surface area contributed by atoms with Crippen LogP contribution < -0.4 is 4.90 Å². The average molecular weight is 629 g/mol. The molecule has 0 N–H and O–H groups in total. The molecular formula is C44H40N2S. The van der Waals surface area contributed by atoms with Crippen molar-refractivity contribution in [2.75, 3.05) is 4.90 Å². The minimum absolute atomic E-state index is 0.0726. The molecule has 5 aromatic carbocycles. The standard InChI is InChI=1S/C44H40N2S/c1-43(2,3)32-19-21-33(22-20-32)46(34-23-25-37-36-13-9-10-14-38(36)44(4,5)39(37)27-34)35-24-26-41-40(28-35)45-42(47-41)31-17-15-30(16-18-31)29-11-7-6-8-12-29/h7,9-28H,6,8H2,1-5H3. The van der Waals surface area contributed by atoms with Crippen molar-refractivity contribution in [3.63, 3.8) is 0 Å². The highest BCUT2D eigenvalue weighted by atomic mass is 32.1. The van der Waals surface area contributed by atoms with E-state index >= 15 is 0 Å². The predicted octanol–water partition coefficient (Wildman–Crippen LogP) is 12.8. The predicted molar refractivity (Wildman–Crippen MR) is 202 cm³/mol. The van der Waals surface area contributed by atoms with E-state index in [1.807, 2.05) is 0 Å². The van der Waals surface area contributed by atoms with Gasteiger partial charge in [-0.25, -0.2) is 4.98 Å². The van der Waals surface area contributed by atoms with E-state index in [1.165, 1.54) is 43.7 Å². The molecule has 2 aliphatic carbocycles. The minimum atomic E-state index is -0.0726. The van der Waals surface area contributed by atoms with Crippen LogP contribution in [0.5, 0.6) is 0 Å². The molecule has 0 spiro atoms. The summed E-state index contributed by atoms with van der Waals surface area (Å²) in [7, 11) is 0. The first-order chi connectivity index (χ1) is 22.7. The summed E-state index contributed by atoms with van der Waals surface area (Å²) in [6.45, 7) is 11.5. The third kappa shape index (κ3) is 5.23. The molecule has 0 saturated carbocycles. The zero-order valence-corrected chi connectivity index (χ0v) is 28.7. The van der Waals surface area contributed by atoms with Crippen LogP contribution in [0.1, 0.15) is 69.7 Å². The topological polar surface area (TPSA) is 16.1 Å². The van der Waals surface area contributed by atoms with Crippen LogP contribution in [0.25, 0.3) is 37.5 Å². The molecule has 2 nitrogen and oxygen atoms in total. The number of allylic oxidation sites excluding steroid dienone is 4. The van der Waals surface area contributed by atoms with E-state index in [0.717, 1.165) is 46.0 Å². The van der Waals surface area contributed by atoms with Crippen molar-refractivity contribution in [3.8, 4) is 21.7 Å². The third-order valence-corrected chi connectivity index (χ3v) is 11.0. The van der Waals surface area contributed by atoms with Gasteiger partial charge in [0.1, 0.15) is 5.01 Å². The van der Waals surface area contributed by atoms with Crippen LogP contribution >= 0.6 is 11.3 Å². The van der Waals surface area contributed by atoms with E-state index in [2.05, 4.69) is 167 Å². The maximum absolute atomic E-state index is 5.17. The zero-order chi connectivity index (χ0) is 32.3. The molecule has 0 unspecified atom stereocenters. The van der Waals surface area contributed by atoms with Crippen molar-refractivity contribution in [1.82, 2.24) is 4.98 Å². The molecule has 232 valence electrons. The Labute approximate surface area is 282 Å². The van der Waals surface area contributed by atoms with Gasteiger partial charge < -0.3 is 4.90 Å². The molecule has 6 aromatic rings. The van der Waals surface area contributed by atoms with Crippen LogP contribution in [0.15, 0.2) is 127 Å². The van der Waals surface area contributed by atoms with Crippen LogP contribution in [-0.2, 0) is 10.8 Å². The van der Waals surface area contributed by atoms with Gasteiger partial charge in [-0.2, -0.15) is 0 Å². The van der Waals surface area contributed by atoms with E-state index in [0.29, 0.717) is 0 Å². The lowest BCUT2D eigenvalue weighted by atomic mass is 9.82. The highest BCUT2D eigenvalue weighted by Gasteiger charge is 2.35. The number of benzene rings is 5. The van der Waals surface area contributed by atoms with Crippen molar-refractivity contribution >= 4 is 44.2 Å². The number of thiazole rings is 1. The van der Waals surface area contributed by atoms with Gasteiger partial charge in [0.05, 0.1) is 10.2 Å². The SMILES string of the molecule is CC(C)(C)c1ccc(N(c2ccc3c(c2)C(C)(C)c2ccccc2-3)c2ccc3sc(-c4ccc(C5=CCCC=C5)cc4)nc3c2)cc1. The first-order valence-electron chi connectivity index (χ1n) is 16.7. The van der Waals surface area contributed by atoms with Gasteiger partial charge in [-0.05, 0) is 99.7 Å².